The molecule has 0 saturated carbocycles. The molecule has 0 radical (unpaired) electrons. The molecule has 0 aliphatic carbocycles. The number of nitrogens with two attached hydrogens (primary N) is 1. The molecular weight excluding hydrogens is 600 g/mol. The molecule has 0 spiro atoms. The van der Waals surface area contributed by atoms with Gasteiger partial charge >= 0.3 is 18.3 Å². The Morgan fingerprint density at radius 1 is 1.24 bits per heavy atom. The second-order valence-electron chi connectivity index (χ2n) is 9.87. The Bertz CT molecular complexity index is 1540. The molecule has 1 unspecified atom stereocenters. The third-order valence-corrected chi connectivity index (χ3v) is 8.85. The summed E-state index contributed by atoms with van der Waals surface area (Å²) in [6.07, 6.45) is -9.83. The van der Waals surface area contributed by atoms with Crippen molar-refractivity contribution in [2.24, 2.45) is 0 Å². The van der Waals surface area contributed by atoms with Gasteiger partial charge in [-0.05, 0) is 50.1 Å². The summed E-state index contributed by atoms with van der Waals surface area (Å²) in [6, 6.07) is 12.2. The first-order valence-corrected chi connectivity index (χ1v) is 15.4. The molecule has 2 heterocycles. The van der Waals surface area contributed by atoms with Gasteiger partial charge in [0.1, 0.15) is 23.7 Å². The summed E-state index contributed by atoms with van der Waals surface area (Å²) < 4.78 is 67.6. The van der Waals surface area contributed by atoms with Crippen molar-refractivity contribution in [3.8, 4) is 5.75 Å². The number of fused-ring (bicyclic) bond motifs is 1. The van der Waals surface area contributed by atoms with Crippen molar-refractivity contribution in [3.05, 3.63) is 65.2 Å². The van der Waals surface area contributed by atoms with Crippen LogP contribution in [0.1, 0.15) is 27.0 Å². The third-order valence-electron chi connectivity index (χ3n) is 6.38. The first kappa shape index (κ1) is 31.9. The van der Waals surface area contributed by atoms with Crippen LogP contribution in [0.25, 0.3) is 10.8 Å². The Balaban J connectivity index is 1.67. The lowest BCUT2D eigenvalue weighted by molar-refractivity contribution is -0.182. The van der Waals surface area contributed by atoms with Gasteiger partial charge in [-0.25, -0.2) is 23.1 Å². The Kier molecular flexibility index (Phi) is 9.60. The smallest absolute Gasteiger partial charge is 0.351 e. The highest BCUT2D eigenvalue weighted by atomic mass is 32.5. The van der Waals surface area contributed by atoms with Crippen LogP contribution in [0, 0.1) is 0 Å². The normalized spacial score (nSPS) is 24.5. The number of nitrogens with one attached hydrogen (secondary N) is 1. The lowest BCUT2D eigenvalue weighted by Crippen LogP contribution is -2.51. The highest BCUT2D eigenvalue weighted by Crippen LogP contribution is 2.51. The molecule has 228 valence electrons. The van der Waals surface area contributed by atoms with Crippen molar-refractivity contribution in [2.75, 3.05) is 12.3 Å². The number of carbonyl (C=O) groups is 1. The van der Waals surface area contributed by atoms with Crippen molar-refractivity contribution < 1.29 is 41.6 Å². The van der Waals surface area contributed by atoms with Gasteiger partial charge in [-0.1, -0.05) is 36.4 Å². The van der Waals surface area contributed by atoms with Crippen LogP contribution in [0.5, 0.6) is 5.75 Å². The highest BCUT2D eigenvalue weighted by molar-refractivity contribution is 8.09. The number of carbonyl (C=O) groups excluding carboxylic acids is 1. The molecule has 1 aromatic heterocycles. The zero-order valence-corrected chi connectivity index (χ0v) is 24.4. The van der Waals surface area contributed by atoms with Gasteiger partial charge in [0.15, 0.2) is 18.0 Å². The number of hydrogen-bond acceptors (Lipinski definition) is 10. The Morgan fingerprint density at radius 2 is 1.93 bits per heavy atom. The number of aliphatic hydroxyl groups excluding tert-OH is 1. The van der Waals surface area contributed by atoms with Crippen molar-refractivity contribution >= 4 is 41.0 Å². The lowest BCUT2D eigenvalue weighted by atomic mass is 9.98. The molecule has 11 nitrogen and oxygen atoms in total. The van der Waals surface area contributed by atoms with Crippen LogP contribution in [0.2, 0.25) is 0 Å². The average Bonchev–Trinajstić information content (AvgIpc) is 3.18. The molecule has 4 rings (SSSR count). The number of aromatic nitrogens is 2. The van der Waals surface area contributed by atoms with E-state index >= 15 is 4.39 Å². The number of aliphatic hydroxyl groups is 1. The maximum Gasteiger partial charge on any atom is 0.351 e. The molecule has 2 aromatic carbocycles. The van der Waals surface area contributed by atoms with E-state index in [0.29, 0.717) is 9.95 Å². The largest absolute Gasteiger partial charge is 0.462 e. The number of halogens is 3. The number of anilines is 1. The van der Waals surface area contributed by atoms with Gasteiger partial charge in [-0.15, -0.1) is 0 Å². The fourth-order valence-corrected chi connectivity index (χ4v) is 6.71. The summed E-state index contributed by atoms with van der Waals surface area (Å²) >= 11 is 5.64. The van der Waals surface area contributed by atoms with E-state index in [4.69, 9.17) is 36.1 Å². The van der Waals surface area contributed by atoms with Crippen molar-refractivity contribution in [1.29, 1.82) is 0 Å². The molecule has 6 atom stereocenters. The number of esters is 1. The van der Waals surface area contributed by atoms with E-state index in [2.05, 4.69) is 10.1 Å². The van der Waals surface area contributed by atoms with Crippen LogP contribution in [0.3, 0.4) is 0 Å². The van der Waals surface area contributed by atoms with Gasteiger partial charge in [0.25, 0.3) is 6.43 Å². The van der Waals surface area contributed by atoms with Crippen molar-refractivity contribution in [3.63, 3.8) is 0 Å². The first-order chi connectivity index (χ1) is 19.8. The minimum absolute atomic E-state index is 0.175. The van der Waals surface area contributed by atoms with Crippen LogP contribution >= 0.6 is 6.64 Å². The van der Waals surface area contributed by atoms with Gasteiger partial charge in [0.05, 0.1) is 12.7 Å². The number of nitrogens with zero attached hydrogens (tertiary/aromatic N) is 2. The molecule has 0 bridgehead atoms. The molecular formula is C26H30F3N4O7PS. The maximum atomic E-state index is 15.5. The van der Waals surface area contributed by atoms with E-state index in [1.807, 2.05) is 12.1 Å². The van der Waals surface area contributed by atoms with Crippen LogP contribution in [0.4, 0.5) is 19.0 Å². The van der Waals surface area contributed by atoms with Gasteiger partial charge < -0.3 is 29.4 Å². The van der Waals surface area contributed by atoms with E-state index in [9.17, 15) is 23.5 Å². The van der Waals surface area contributed by atoms with Crippen LogP contribution in [-0.2, 0) is 30.6 Å². The number of ether oxygens (including phenoxy) is 2. The fourth-order valence-electron chi connectivity index (χ4n) is 4.29. The quantitative estimate of drug-likeness (QED) is 0.211. The van der Waals surface area contributed by atoms with Crippen LogP contribution < -0.4 is 21.0 Å². The van der Waals surface area contributed by atoms with Gasteiger partial charge in [0, 0.05) is 11.6 Å². The zero-order valence-electron chi connectivity index (χ0n) is 22.7. The van der Waals surface area contributed by atoms with Gasteiger partial charge in [-0.2, -0.15) is 4.98 Å². The zero-order chi connectivity index (χ0) is 30.8. The molecule has 16 heteroatoms. The maximum absolute atomic E-state index is 15.5. The standard InChI is InChI=1S/C26H30F3N4O7PS/c1-14(2)38-23(35)15(3)32-41(42,40-18-10-6-8-16-7-4-5-9-17(16)18)37-13-26(24(28)29)21(27)20(34)22(39-26)33-12-11-19(30)31-25(33)36/h4-12,14-15,20-22,24,34H,13H2,1-3H3,(H,32,42)(H2,30,31,36)/t15-,20+,21-,22+,26+,41?/m0/s1. The minimum Gasteiger partial charge on any atom is -0.462 e. The minimum atomic E-state index is -3.96. The number of benzene rings is 2. The number of hydrogen-bond donors (Lipinski definition) is 3. The molecule has 1 fully saturated rings. The molecule has 1 aliphatic heterocycles. The average molecular weight is 631 g/mol. The molecule has 4 N–H and O–H groups in total. The topological polar surface area (TPSA) is 147 Å². The summed E-state index contributed by atoms with van der Waals surface area (Å²) in [5.74, 6) is -0.688. The summed E-state index contributed by atoms with van der Waals surface area (Å²) in [6.45, 7) is -0.502. The fraction of sp³-hybridized carbons (Fsp3) is 0.423. The van der Waals surface area contributed by atoms with Crippen molar-refractivity contribution in [2.45, 2.75) is 63.4 Å². The van der Waals surface area contributed by atoms with Crippen LogP contribution in [0.15, 0.2) is 59.5 Å². The second-order valence-corrected chi connectivity index (χ2v) is 13.0. The third kappa shape index (κ3) is 6.61. The molecule has 0 amide bonds. The summed E-state index contributed by atoms with van der Waals surface area (Å²) in [7, 11) is 0. The van der Waals surface area contributed by atoms with E-state index in [-0.39, 0.29) is 11.6 Å². The first-order valence-electron chi connectivity index (χ1n) is 12.8. The van der Waals surface area contributed by atoms with E-state index in [0.717, 1.165) is 17.6 Å². The Morgan fingerprint density at radius 3 is 2.60 bits per heavy atom. The summed E-state index contributed by atoms with van der Waals surface area (Å²) in [4.78, 5) is 28.3. The predicted molar refractivity (Wildman–Crippen MR) is 151 cm³/mol. The number of rotatable bonds is 11. The number of nitrogen functional groups attached to an aromatic ring is 1. The number of alkyl halides is 3. The molecule has 42 heavy (non-hydrogen) atoms. The van der Waals surface area contributed by atoms with E-state index in [1.165, 1.54) is 6.92 Å². The van der Waals surface area contributed by atoms with Gasteiger partial charge in [0.2, 0.25) is 0 Å². The predicted octanol–water partition coefficient (Wildman–Crippen LogP) is 3.46. The monoisotopic (exact) mass is 630 g/mol. The van der Waals surface area contributed by atoms with Crippen molar-refractivity contribution in [1.82, 2.24) is 14.6 Å². The highest BCUT2D eigenvalue weighted by Gasteiger charge is 2.62. The summed E-state index contributed by atoms with van der Waals surface area (Å²) in [5.41, 5.74) is 1.33. The van der Waals surface area contributed by atoms with Gasteiger partial charge in [-0.3, -0.25) is 9.36 Å². The summed E-state index contributed by atoms with van der Waals surface area (Å²) in [5, 5.41) is 14.6. The second kappa shape index (κ2) is 12.7. The molecule has 1 aliphatic rings. The Hall–Kier alpha value is -3.07. The SMILES string of the molecule is CC(C)OC(=O)[C@H](C)NP(=S)(OC[C@@]1(C(F)F)O[C@@H](n2ccc(N)nc2=O)[C@H](O)[C@@H]1F)Oc1cccc2ccccc12. The lowest BCUT2D eigenvalue weighted by Gasteiger charge is -2.33. The van der Waals surface area contributed by atoms with E-state index < -0.39 is 67.6 Å². The molecule has 1 saturated heterocycles. The van der Waals surface area contributed by atoms with E-state index in [1.54, 1.807) is 44.2 Å². The van der Waals surface area contributed by atoms with Crippen LogP contribution in [-0.4, -0.2) is 63.7 Å². The molecule has 3 aromatic rings. The Labute approximate surface area is 244 Å².